The molecule has 1 heterocycles. The first-order chi connectivity index (χ1) is 8.63. The lowest BCUT2D eigenvalue weighted by molar-refractivity contribution is 0.259. The number of anilines is 1. The first-order valence-electron chi connectivity index (χ1n) is 5.16. The lowest BCUT2D eigenvalue weighted by atomic mass is 10.3. The average Bonchev–Trinajstić information content (AvgIpc) is 2.34. The van der Waals surface area contributed by atoms with Crippen LogP contribution in [0.15, 0.2) is 47.4 Å². The summed E-state index contributed by atoms with van der Waals surface area (Å²) in [5, 5.41) is 2.44. The Balaban J connectivity index is 2.08. The topological polar surface area (TPSA) is 97.2 Å². The van der Waals surface area contributed by atoms with Gasteiger partial charge in [-0.1, -0.05) is 0 Å². The molecule has 6 nitrogen and oxygen atoms in total. The highest BCUT2D eigenvalue weighted by molar-refractivity contribution is 5.87. The third-order valence-electron chi connectivity index (χ3n) is 2.11. The van der Waals surface area contributed by atoms with Gasteiger partial charge in [-0.25, -0.2) is 4.79 Å². The van der Waals surface area contributed by atoms with Crippen LogP contribution in [0.2, 0.25) is 0 Å². The summed E-state index contributed by atoms with van der Waals surface area (Å²) < 4.78 is 5.48. The van der Waals surface area contributed by atoms with Crippen molar-refractivity contribution in [3.63, 3.8) is 0 Å². The number of carbonyl (C=O) groups is 1. The van der Waals surface area contributed by atoms with Crippen molar-refractivity contribution in [2.24, 2.45) is 5.73 Å². The second kappa shape index (κ2) is 5.05. The zero-order valence-corrected chi connectivity index (χ0v) is 9.34. The predicted octanol–water partition coefficient (Wildman–Crippen LogP) is 1.66. The maximum atomic E-state index is 10.9. The van der Waals surface area contributed by atoms with Gasteiger partial charge < -0.3 is 20.8 Å². The minimum absolute atomic E-state index is 0.191. The molecule has 1 aromatic carbocycles. The first-order valence-corrected chi connectivity index (χ1v) is 5.16. The van der Waals surface area contributed by atoms with Crippen LogP contribution in [0.4, 0.5) is 10.5 Å². The highest BCUT2D eigenvalue weighted by atomic mass is 16.5. The van der Waals surface area contributed by atoms with Crippen molar-refractivity contribution in [2.45, 2.75) is 0 Å². The van der Waals surface area contributed by atoms with Crippen molar-refractivity contribution in [3.05, 3.63) is 52.9 Å². The smallest absolute Gasteiger partial charge is 0.316 e. The van der Waals surface area contributed by atoms with Crippen LogP contribution in [-0.2, 0) is 0 Å². The van der Waals surface area contributed by atoms with Gasteiger partial charge in [0.2, 0.25) is 5.56 Å². The largest absolute Gasteiger partial charge is 0.456 e. The maximum Gasteiger partial charge on any atom is 0.316 e. The molecule has 2 rings (SSSR count). The Labute approximate surface area is 102 Å². The van der Waals surface area contributed by atoms with Crippen LogP contribution in [0.25, 0.3) is 0 Å². The Kier molecular flexibility index (Phi) is 3.29. The lowest BCUT2D eigenvalue weighted by Gasteiger charge is -2.06. The van der Waals surface area contributed by atoms with Gasteiger partial charge in [-0.2, -0.15) is 0 Å². The number of hydrogen-bond donors (Lipinski definition) is 3. The van der Waals surface area contributed by atoms with E-state index < -0.39 is 6.03 Å². The SMILES string of the molecule is NC(=O)Nc1ccc(Oc2ccc(=O)[nH]c2)cc1. The molecule has 2 amide bonds. The monoisotopic (exact) mass is 245 g/mol. The summed E-state index contributed by atoms with van der Waals surface area (Å²) >= 11 is 0. The number of carbonyl (C=O) groups excluding carboxylic acids is 1. The third-order valence-corrected chi connectivity index (χ3v) is 2.11. The number of H-pyrrole nitrogens is 1. The number of hydrogen-bond acceptors (Lipinski definition) is 3. The zero-order valence-electron chi connectivity index (χ0n) is 9.34. The number of amides is 2. The number of urea groups is 1. The molecule has 2 aromatic rings. The molecule has 0 radical (unpaired) electrons. The van der Waals surface area contributed by atoms with E-state index in [1.807, 2.05) is 0 Å². The molecule has 0 atom stereocenters. The van der Waals surface area contributed by atoms with Crippen molar-refractivity contribution in [1.82, 2.24) is 4.98 Å². The molecule has 0 aliphatic heterocycles. The van der Waals surface area contributed by atoms with Crippen LogP contribution >= 0.6 is 0 Å². The van der Waals surface area contributed by atoms with Gasteiger partial charge in [0, 0.05) is 18.0 Å². The summed E-state index contributed by atoms with van der Waals surface area (Å²) in [5.74, 6) is 1.10. The molecule has 0 bridgehead atoms. The molecule has 6 heteroatoms. The Morgan fingerprint density at radius 2 is 1.78 bits per heavy atom. The number of aromatic nitrogens is 1. The van der Waals surface area contributed by atoms with Gasteiger partial charge in [0.1, 0.15) is 11.5 Å². The van der Waals surface area contributed by atoms with E-state index >= 15 is 0 Å². The van der Waals surface area contributed by atoms with Crippen LogP contribution in [0.5, 0.6) is 11.5 Å². The number of nitrogens with one attached hydrogen (secondary N) is 2. The summed E-state index contributed by atoms with van der Waals surface area (Å²) in [6.07, 6.45) is 1.47. The average molecular weight is 245 g/mol. The zero-order chi connectivity index (χ0) is 13.0. The highest BCUT2D eigenvalue weighted by Crippen LogP contribution is 2.21. The van der Waals surface area contributed by atoms with E-state index in [0.717, 1.165) is 0 Å². The minimum atomic E-state index is -0.621. The molecule has 0 aliphatic rings. The van der Waals surface area contributed by atoms with Gasteiger partial charge >= 0.3 is 6.03 Å². The van der Waals surface area contributed by atoms with Gasteiger partial charge in [0.05, 0.1) is 0 Å². The lowest BCUT2D eigenvalue weighted by Crippen LogP contribution is -2.19. The van der Waals surface area contributed by atoms with E-state index in [9.17, 15) is 9.59 Å². The summed E-state index contributed by atoms with van der Waals surface area (Å²) in [6, 6.07) is 8.99. The minimum Gasteiger partial charge on any atom is -0.456 e. The number of ether oxygens (including phenoxy) is 1. The number of benzene rings is 1. The summed E-state index contributed by atoms with van der Waals surface area (Å²) in [7, 11) is 0. The second-order valence-electron chi connectivity index (χ2n) is 3.50. The summed E-state index contributed by atoms with van der Waals surface area (Å²) in [5.41, 5.74) is 5.37. The van der Waals surface area contributed by atoms with Crippen molar-refractivity contribution >= 4 is 11.7 Å². The van der Waals surface area contributed by atoms with E-state index in [1.54, 1.807) is 30.3 Å². The Bertz CT molecular complexity index is 584. The standard InChI is InChI=1S/C12H11N3O3/c13-12(17)15-8-1-3-9(4-2-8)18-10-5-6-11(16)14-7-10/h1-7H,(H,14,16)(H3,13,15,17). The molecule has 4 N–H and O–H groups in total. The van der Waals surface area contributed by atoms with Crippen molar-refractivity contribution in [2.75, 3.05) is 5.32 Å². The molecule has 92 valence electrons. The van der Waals surface area contributed by atoms with Crippen molar-refractivity contribution in [3.8, 4) is 11.5 Å². The second-order valence-corrected chi connectivity index (χ2v) is 3.50. The quantitative estimate of drug-likeness (QED) is 0.767. The molecule has 0 spiro atoms. The molecular formula is C12H11N3O3. The fourth-order valence-electron chi connectivity index (χ4n) is 1.34. The first kappa shape index (κ1) is 11.7. The van der Waals surface area contributed by atoms with Crippen LogP contribution in [-0.4, -0.2) is 11.0 Å². The number of pyridine rings is 1. The molecule has 0 saturated carbocycles. The van der Waals surface area contributed by atoms with Crippen LogP contribution in [0, 0.1) is 0 Å². The van der Waals surface area contributed by atoms with Crippen LogP contribution < -0.4 is 21.3 Å². The normalized spacial score (nSPS) is 9.78. The van der Waals surface area contributed by atoms with E-state index in [-0.39, 0.29) is 5.56 Å². The predicted molar refractivity (Wildman–Crippen MR) is 66.8 cm³/mol. The highest BCUT2D eigenvalue weighted by Gasteiger charge is 1.99. The molecular weight excluding hydrogens is 234 g/mol. The third kappa shape index (κ3) is 3.11. The van der Waals surface area contributed by atoms with Gasteiger partial charge in [-0.3, -0.25) is 4.79 Å². The number of primary amides is 1. The van der Waals surface area contributed by atoms with Crippen molar-refractivity contribution < 1.29 is 9.53 Å². The van der Waals surface area contributed by atoms with Crippen LogP contribution in [0.3, 0.4) is 0 Å². The Morgan fingerprint density at radius 3 is 2.33 bits per heavy atom. The van der Waals surface area contributed by atoms with E-state index in [1.165, 1.54) is 12.3 Å². The summed E-state index contributed by atoms with van der Waals surface area (Å²) in [6.45, 7) is 0. The van der Waals surface area contributed by atoms with Gasteiger partial charge in [0.25, 0.3) is 0 Å². The molecule has 1 aromatic heterocycles. The van der Waals surface area contributed by atoms with Gasteiger partial charge in [-0.15, -0.1) is 0 Å². The van der Waals surface area contributed by atoms with E-state index in [0.29, 0.717) is 17.2 Å². The van der Waals surface area contributed by atoms with E-state index in [2.05, 4.69) is 10.3 Å². The number of nitrogens with two attached hydrogens (primary N) is 1. The fourth-order valence-corrected chi connectivity index (χ4v) is 1.34. The number of aromatic amines is 1. The van der Waals surface area contributed by atoms with Crippen LogP contribution in [0.1, 0.15) is 0 Å². The molecule has 0 unspecified atom stereocenters. The maximum absolute atomic E-state index is 10.9. The Morgan fingerprint density at radius 1 is 1.11 bits per heavy atom. The molecule has 18 heavy (non-hydrogen) atoms. The number of rotatable bonds is 3. The molecule has 0 saturated heterocycles. The Hall–Kier alpha value is -2.76. The van der Waals surface area contributed by atoms with Gasteiger partial charge in [0.15, 0.2) is 0 Å². The van der Waals surface area contributed by atoms with Crippen molar-refractivity contribution in [1.29, 1.82) is 0 Å². The van der Waals surface area contributed by atoms with E-state index in [4.69, 9.17) is 10.5 Å². The molecule has 0 fully saturated rings. The summed E-state index contributed by atoms with van der Waals surface area (Å²) in [4.78, 5) is 24.0. The fraction of sp³-hybridized carbons (Fsp3) is 0. The molecule has 0 aliphatic carbocycles. The van der Waals surface area contributed by atoms with Gasteiger partial charge in [-0.05, 0) is 30.3 Å².